The minimum Gasteiger partial charge on any atom is -0.454 e. The molecule has 0 saturated heterocycles. The Hall–Kier alpha value is -1.91. The van der Waals surface area contributed by atoms with Gasteiger partial charge in [0.05, 0.1) is 5.71 Å². The van der Waals surface area contributed by atoms with Crippen molar-refractivity contribution in [2.24, 2.45) is 5.16 Å². The molecule has 0 radical (unpaired) electrons. The van der Waals surface area contributed by atoms with Crippen LogP contribution < -0.4 is 15.2 Å². The van der Waals surface area contributed by atoms with E-state index in [4.69, 9.17) is 20.4 Å². The Bertz CT molecular complexity index is 401. The van der Waals surface area contributed by atoms with E-state index in [0.717, 1.165) is 0 Å². The van der Waals surface area contributed by atoms with Crippen molar-refractivity contribution >= 4 is 11.4 Å². The summed E-state index contributed by atoms with van der Waals surface area (Å²) < 4.78 is 10.3. The van der Waals surface area contributed by atoms with Gasteiger partial charge in [-0.3, -0.25) is 0 Å². The predicted octanol–water partition coefficient (Wildman–Crippen LogP) is 1.20. The summed E-state index contributed by atoms with van der Waals surface area (Å²) >= 11 is 0. The van der Waals surface area contributed by atoms with Gasteiger partial charge in [-0.25, -0.2) is 0 Å². The Morgan fingerprint density at radius 2 is 2.07 bits per heavy atom. The van der Waals surface area contributed by atoms with E-state index in [1.165, 1.54) is 0 Å². The van der Waals surface area contributed by atoms with Crippen LogP contribution in [0.25, 0.3) is 0 Å². The van der Waals surface area contributed by atoms with Gasteiger partial charge in [-0.05, 0) is 13.0 Å². The average molecular weight is 194 g/mol. The van der Waals surface area contributed by atoms with E-state index in [9.17, 15) is 0 Å². The zero-order valence-corrected chi connectivity index (χ0v) is 7.65. The zero-order chi connectivity index (χ0) is 10.1. The monoisotopic (exact) mass is 194 g/mol. The first-order valence-corrected chi connectivity index (χ1v) is 4.10. The van der Waals surface area contributed by atoms with Crippen LogP contribution in [-0.2, 0) is 0 Å². The zero-order valence-electron chi connectivity index (χ0n) is 7.65. The maximum atomic E-state index is 8.62. The topological polar surface area (TPSA) is 77.1 Å². The molecule has 5 nitrogen and oxygen atoms in total. The van der Waals surface area contributed by atoms with Gasteiger partial charge >= 0.3 is 0 Å². The molecule has 0 atom stereocenters. The van der Waals surface area contributed by atoms with Gasteiger partial charge in [0.1, 0.15) is 0 Å². The lowest BCUT2D eigenvalue weighted by atomic mass is 10.1. The molecule has 0 spiro atoms. The Balaban J connectivity index is 2.53. The smallest absolute Gasteiger partial charge is 0.231 e. The second-order valence-corrected chi connectivity index (χ2v) is 2.98. The third-order valence-corrected chi connectivity index (χ3v) is 2.08. The summed E-state index contributed by atoms with van der Waals surface area (Å²) in [6, 6.07) is 3.36. The molecule has 74 valence electrons. The minimum atomic E-state index is 0.202. The fraction of sp³-hybridized carbons (Fsp3) is 0.222. The van der Waals surface area contributed by atoms with E-state index in [2.05, 4.69) is 5.16 Å². The van der Waals surface area contributed by atoms with E-state index in [1.54, 1.807) is 19.1 Å². The Morgan fingerprint density at radius 1 is 1.43 bits per heavy atom. The summed E-state index contributed by atoms with van der Waals surface area (Å²) in [5.41, 5.74) is 7.34. The first kappa shape index (κ1) is 8.68. The Labute approximate surface area is 80.7 Å². The van der Waals surface area contributed by atoms with Crippen LogP contribution in [0.5, 0.6) is 11.5 Å². The quantitative estimate of drug-likeness (QED) is 0.305. The van der Waals surface area contributed by atoms with Crippen LogP contribution in [0.3, 0.4) is 0 Å². The normalized spacial score (nSPS) is 14.5. The van der Waals surface area contributed by atoms with Gasteiger partial charge in [0, 0.05) is 17.3 Å². The number of nitrogens with zero attached hydrogens (tertiary/aromatic N) is 1. The molecule has 0 aliphatic carbocycles. The van der Waals surface area contributed by atoms with Crippen LogP contribution >= 0.6 is 0 Å². The predicted molar refractivity (Wildman–Crippen MR) is 51.0 cm³/mol. The summed E-state index contributed by atoms with van der Waals surface area (Å²) in [6.07, 6.45) is 0. The molecule has 0 bridgehead atoms. The van der Waals surface area contributed by atoms with Crippen LogP contribution in [0.1, 0.15) is 12.5 Å². The number of rotatable bonds is 1. The number of ether oxygens (including phenoxy) is 2. The van der Waals surface area contributed by atoms with E-state index < -0.39 is 0 Å². The summed E-state index contributed by atoms with van der Waals surface area (Å²) in [5, 5.41) is 11.7. The van der Waals surface area contributed by atoms with Crippen molar-refractivity contribution < 1.29 is 14.7 Å². The van der Waals surface area contributed by atoms with E-state index in [1.807, 2.05) is 0 Å². The second kappa shape index (κ2) is 3.10. The van der Waals surface area contributed by atoms with Gasteiger partial charge in [-0.15, -0.1) is 0 Å². The largest absolute Gasteiger partial charge is 0.454 e. The maximum Gasteiger partial charge on any atom is 0.231 e. The number of benzene rings is 1. The maximum absolute atomic E-state index is 8.62. The highest BCUT2D eigenvalue weighted by Crippen LogP contribution is 2.36. The highest BCUT2D eigenvalue weighted by molar-refractivity contribution is 6.03. The lowest BCUT2D eigenvalue weighted by molar-refractivity contribution is 0.174. The third-order valence-electron chi connectivity index (χ3n) is 2.08. The molecule has 0 unspecified atom stereocenters. The molecular formula is C9H10N2O3. The molecule has 0 saturated carbocycles. The van der Waals surface area contributed by atoms with Gasteiger partial charge in [0.15, 0.2) is 11.5 Å². The number of oxime groups is 1. The molecule has 1 aromatic carbocycles. The molecule has 5 heteroatoms. The molecule has 1 heterocycles. The first-order valence-electron chi connectivity index (χ1n) is 4.10. The van der Waals surface area contributed by atoms with Crippen LogP contribution in [0.15, 0.2) is 17.3 Å². The van der Waals surface area contributed by atoms with Crippen molar-refractivity contribution in [3.8, 4) is 11.5 Å². The molecule has 0 aromatic heterocycles. The molecule has 14 heavy (non-hydrogen) atoms. The van der Waals surface area contributed by atoms with Crippen molar-refractivity contribution in [2.75, 3.05) is 12.5 Å². The second-order valence-electron chi connectivity index (χ2n) is 2.98. The van der Waals surface area contributed by atoms with E-state index in [-0.39, 0.29) is 6.79 Å². The molecule has 0 amide bonds. The molecular weight excluding hydrogens is 184 g/mol. The fourth-order valence-corrected chi connectivity index (χ4v) is 1.32. The fourth-order valence-electron chi connectivity index (χ4n) is 1.32. The Morgan fingerprint density at radius 3 is 2.71 bits per heavy atom. The van der Waals surface area contributed by atoms with Crippen LogP contribution in [0, 0.1) is 0 Å². The number of fused-ring (bicyclic) bond motifs is 1. The summed E-state index contributed by atoms with van der Waals surface area (Å²) in [7, 11) is 0. The van der Waals surface area contributed by atoms with Gasteiger partial charge in [-0.1, -0.05) is 5.16 Å². The highest BCUT2D eigenvalue weighted by atomic mass is 16.7. The van der Waals surface area contributed by atoms with E-state index in [0.29, 0.717) is 28.5 Å². The van der Waals surface area contributed by atoms with Crippen molar-refractivity contribution in [3.63, 3.8) is 0 Å². The van der Waals surface area contributed by atoms with Crippen LogP contribution in [0.2, 0.25) is 0 Å². The number of nitrogens with two attached hydrogens (primary N) is 1. The average Bonchev–Trinajstić information content (AvgIpc) is 2.62. The summed E-state index contributed by atoms with van der Waals surface area (Å²) in [5.74, 6) is 1.24. The number of anilines is 1. The first-order chi connectivity index (χ1) is 6.72. The molecule has 0 fully saturated rings. The number of nitrogen functional groups attached to an aromatic ring is 1. The SMILES string of the molecule is C/C(=N/O)c1cc2c(cc1N)OCO2. The van der Waals surface area contributed by atoms with Crippen LogP contribution in [-0.4, -0.2) is 17.7 Å². The Kier molecular flexibility index (Phi) is 1.92. The lowest BCUT2D eigenvalue weighted by Gasteiger charge is -2.05. The van der Waals surface area contributed by atoms with E-state index >= 15 is 0 Å². The van der Waals surface area contributed by atoms with Crippen molar-refractivity contribution in [3.05, 3.63) is 17.7 Å². The van der Waals surface area contributed by atoms with Gasteiger partial charge in [0.2, 0.25) is 6.79 Å². The van der Waals surface area contributed by atoms with Gasteiger partial charge < -0.3 is 20.4 Å². The highest BCUT2D eigenvalue weighted by Gasteiger charge is 2.17. The number of hydrogen-bond donors (Lipinski definition) is 2. The number of hydrogen-bond acceptors (Lipinski definition) is 5. The molecule has 2 rings (SSSR count). The van der Waals surface area contributed by atoms with Crippen molar-refractivity contribution in [2.45, 2.75) is 6.92 Å². The van der Waals surface area contributed by atoms with Crippen molar-refractivity contribution in [1.82, 2.24) is 0 Å². The summed E-state index contributed by atoms with van der Waals surface area (Å²) in [4.78, 5) is 0. The van der Waals surface area contributed by atoms with Gasteiger partial charge in [-0.2, -0.15) is 0 Å². The third kappa shape index (κ3) is 1.22. The standard InChI is InChI=1S/C9H10N2O3/c1-5(11-12)6-2-8-9(3-7(6)10)14-4-13-8/h2-3,12H,4,10H2,1H3/b11-5-. The van der Waals surface area contributed by atoms with Crippen LogP contribution in [0.4, 0.5) is 5.69 Å². The lowest BCUT2D eigenvalue weighted by Crippen LogP contribution is -2.00. The summed E-state index contributed by atoms with van der Waals surface area (Å²) in [6.45, 7) is 1.86. The van der Waals surface area contributed by atoms with Gasteiger partial charge in [0.25, 0.3) is 0 Å². The molecule has 1 aromatic rings. The minimum absolute atomic E-state index is 0.202. The molecule has 1 aliphatic heterocycles. The molecule has 1 aliphatic rings. The molecule has 3 N–H and O–H groups in total. The van der Waals surface area contributed by atoms with Crippen molar-refractivity contribution in [1.29, 1.82) is 0 Å².